The molecule has 0 fully saturated rings. The Morgan fingerprint density at radius 3 is 2.86 bits per heavy atom. The molecule has 10 heteroatoms. The van der Waals surface area contributed by atoms with E-state index in [1.54, 1.807) is 0 Å². The molecule has 0 saturated carbocycles. The summed E-state index contributed by atoms with van der Waals surface area (Å²) in [5.41, 5.74) is 6.40. The normalized spacial score (nSPS) is 11.8. The quantitative estimate of drug-likeness (QED) is 0.437. The van der Waals surface area contributed by atoms with Gasteiger partial charge >= 0.3 is 0 Å². The Hall–Kier alpha value is -2.04. The van der Waals surface area contributed by atoms with Gasteiger partial charge in [0, 0.05) is 11.5 Å². The van der Waals surface area contributed by atoms with Crippen molar-refractivity contribution in [2.45, 2.75) is 4.34 Å². The molecule has 0 spiro atoms. The van der Waals surface area contributed by atoms with E-state index in [2.05, 4.69) is 19.5 Å². The molecule has 0 bridgehead atoms. The van der Waals surface area contributed by atoms with Crippen molar-refractivity contribution in [3.63, 3.8) is 0 Å². The average Bonchev–Trinajstić information content (AvgIpc) is 3.10. The van der Waals surface area contributed by atoms with E-state index < -0.39 is 0 Å². The molecule has 1 aromatic carbocycles. The molecule has 2 heterocycles. The van der Waals surface area contributed by atoms with Crippen LogP contribution in [0.5, 0.6) is 0 Å². The molecule has 0 atom stereocenters. The predicted molar refractivity (Wildman–Crippen MR) is 88.4 cm³/mol. The highest BCUT2D eigenvalue weighted by Gasteiger charge is 2.22. The van der Waals surface area contributed by atoms with Crippen molar-refractivity contribution in [3.05, 3.63) is 30.1 Å². The second-order valence-electron chi connectivity index (χ2n) is 3.92. The summed E-state index contributed by atoms with van der Waals surface area (Å²) in [5.74, 6) is 0.156. The summed E-state index contributed by atoms with van der Waals surface area (Å²) in [6, 6.07) is 7.68. The van der Waals surface area contributed by atoms with Crippen LogP contribution in [0.15, 0.2) is 33.8 Å². The van der Waals surface area contributed by atoms with E-state index in [-0.39, 0.29) is 21.8 Å². The van der Waals surface area contributed by atoms with Crippen molar-refractivity contribution >= 4 is 60.8 Å². The zero-order valence-electron chi connectivity index (χ0n) is 11.2. The van der Waals surface area contributed by atoms with E-state index in [1.165, 1.54) is 18.4 Å². The molecule has 0 aliphatic rings. The zero-order valence-corrected chi connectivity index (χ0v) is 13.7. The van der Waals surface area contributed by atoms with Gasteiger partial charge in [0.25, 0.3) is 5.12 Å². The van der Waals surface area contributed by atoms with Crippen LogP contribution in [0, 0.1) is 0 Å². The molecular weight excluding hydrogens is 342 g/mol. The number of thioether (sulfide) groups is 1. The van der Waals surface area contributed by atoms with Gasteiger partial charge in [-0.3, -0.25) is 4.79 Å². The third kappa shape index (κ3) is 3.08. The summed E-state index contributed by atoms with van der Waals surface area (Å²) in [4.78, 5) is 25.5. The van der Waals surface area contributed by atoms with Gasteiger partial charge in [0.15, 0.2) is 9.47 Å². The van der Waals surface area contributed by atoms with Gasteiger partial charge in [-0.05, 0) is 23.9 Å². The lowest BCUT2D eigenvalue weighted by molar-refractivity contribution is -0.105. The van der Waals surface area contributed by atoms with Crippen LogP contribution < -0.4 is 5.73 Å². The molecule has 0 amide bonds. The number of nitrogens with zero attached hydrogens (tertiary/aromatic N) is 4. The van der Waals surface area contributed by atoms with E-state index in [0.29, 0.717) is 4.34 Å². The van der Waals surface area contributed by atoms with Gasteiger partial charge in [-0.25, -0.2) is 4.98 Å². The van der Waals surface area contributed by atoms with Gasteiger partial charge in [0.2, 0.25) is 11.5 Å². The van der Waals surface area contributed by atoms with Crippen molar-refractivity contribution in [1.29, 1.82) is 0 Å². The Labute approximate surface area is 137 Å². The highest BCUT2D eigenvalue weighted by Crippen LogP contribution is 2.30. The molecule has 2 aromatic heterocycles. The number of hydrogen-bond donors (Lipinski definition) is 1. The third-order valence-electron chi connectivity index (χ3n) is 2.48. The minimum absolute atomic E-state index is 0.0136. The van der Waals surface area contributed by atoms with Crippen LogP contribution in [0.2, 0.25) is 0 Å². The monoisotopic (exact) mass is 351 g/mol. The molecule has 3 aromatic rings. The molecular formula is C12H9N5O2S3. The maximum atomic E-state index is 12.4. The minimum atomic E-state index is -0.348. The molecule has 0 aliphatic carbocycles. The fourth-order valence-electron chi connectivity index (χ4n) is 1.61. The molecule has 0 aliphatic heterocycles. The molecule has 0 radical (unpaired) electrons. The first-order chi connectivity index (χ1) is 10.7. The second-order valence-corrected chi connectivity index (χ2v) is 6.95. The van der Waals surface area contributed by atoms with Gasteiger partial charge in [0.1, 0.15) is 7.11 Å². The van der Waals surface area contributed by atoms with Gasteiger partial charge in [-0.2, -0.15) is 9.36 Å². The van der Waals surface area contributed by atoms with Crippen LogP contribution in [0.1, 0.15) is 5.82 Å². The van der Waals surface area contributed by atoms with Crippen LogP contribution in [0.25, 0.3) is 10.2 Å². The summed E-state index contributed by atoms with van der Waals surface area (Å²) < 4.78 is 5.62. The predicted octanol–water partition coefficient (Wildman–Crippen LogP) is 2.40. The Morgan fingerprint density at radius 1 is 1.36 bits per heavy atom. The van der Waals surface area contributed by atoms with Crippen LogP contribution in [-0.2, 0) is 9.63 Å². The maximum absolute atomic E-state index is 12.4. The van der Waals surface area contributed by atoms with Crippen LogP contribution in [0.3, 0.4) is 0 Å². The van der Waals surface area contributed by atoms with Gasteiger partial charge in [0.05, 0.1) is 10.2 Å². The number of carbonyl (C=O) groups excluding carboxylic acids is 1. The number of thiazole rings is 1. The van der Waals surface area contributed by atoms with Crippen LogP contribution in [-0.4, -0.2) is 32.3 Å². The molecule has 22 heavy (non-hydrogen) atoms. The number of anilines is 1. The molecule has 112 valence electrons. The molecule has 0 saturated heterocycles. The second kappa shape index (κ2) is 6.38. The summed E-state index contributed by atoms with van der Waals surface area (Å²) in [7, 11) is 1.35. The first kappa shape index (κ1) is 14.9. The Bertz CT molecular complexity index is 824. The standard InChI is InChI=1S/C12H9N5O2S3/c1-19-16-8(9-15-11(13)22-17-9)10(18)21-12-14-6-4-2-3-5-7(6)20-12/h2-5H,1H3,(H2,13,15,17)/b16-8+. The van der Waals surface area contributed by atoms with Crippen molar-refractivity contribution in [3.8, 4) is 0 Å². The fourth-order valence-corrected chi connectivity index (χ4v) is 3.94. The van der Waals surface area contributed by atoms with E-state index >= 15 is 0 Å². The van der Waals surface area contributed by atoms with Crippen LogP contribution in [0.4, 0.5) is 5.13 Å². The summed E-state index contributed by atoms with van der Waals surface area (Å²) in [6.45, 7) is 0. The Balaban J connectivity index is 1.86. The third-order valence-corrected chi connectivity index (χ3v) is 5.00. The number of nitrogens with two attached hydrogens (primary N) is 1. The van der Waals surface area contributed by atoms with Crippen molar-refractivity contribution in [2.75, 3.05) is 12.8 Å². The van der Waals surface area contributed by atoms with Crippen molar-refractivity contribution in [1.82, 2.24) is 14.3 Å². The Kier molecular flexibility index (Phi) is 4.32. The number of fused-ring (bicyclic) bond motifs is 1. The lowest BCUT2D eigenvalue weighted by Gasteiger charge is -1.98. The Morgan fingerprint density at radius 2 is 2.18 bits per heavy atom. The number of aromatic nitrogens is 3. The molecule has 0 unspecified atom stereocenters. The minimum Gasteiger partial charge on any atom is -0.398 e. The smallest absolute Gasteiger partial charge is 0.252 e. The number of oxime groups is 1. The lowest BCUT2D eigenvalue weighted by Crippen LogP contribution is -2.14. The van der Waals surface area contributed by atoms with E-state index in [9.17, 15) is 4.79 Å². The van der Waals surface area contributed by atoms with Gasteiger partial charge in [-0.15, -0.1) is 11.3 Å². The summed E-state index contributed by atoms with van der Waals surface area (Å²) in [6.07, 6.45) is 0. The maximum Gasteiger partial charge on any atom is 0.252 e. The first-order valence-electron chi connectivity index (χ1n) is 5.96. The number of benzene rings is 1. The zero-order chi connectivity index (χ0) is 15.5. The number of hydrogen-bond acceptors (Lipinski definition) is 10. The highest BCUT2D eigenvalue weighted by molar-refractivity contribution is 8.16. The summed E-state index contributed by atoms with van der Waals surface area (Å²) >= 11 is 3.39. The number of carbonyl (C=O) groups is 1. The average molecular weight is 351 g/mol. The lowest BCUT2D eigenvalue weighted by atomic mass is 10.3. The van der Waals surface area contributed by atoms with E-state index in [1.807, 2.05) is 24.3 Å². The fraction of sp³-hybridized carbons (Fsp3) is 0.0833. The highest BCUT2D eigenvalue weighted by atomic mass is 32.2. The van der Waals surface area contributed by atoms with Gasteiger partial charge in [-0.1, -0.05) is 17.3 Å². The van der Waals surface area contributed by atoms with Gasteiger partial charge < -0.3 is 10.6 Å². The first-order valence-corrected chi connectivity index (χ1v) is 8.36. The van der Waals surface area contributed by atoms with Crippen molar-refractivity contribution < 1.29 is 9.63 Å². The van der Waals surface area contributed by atoms with E-state index in [0.717, 1.165) is 33.5 Å². The molecule has 7 nitrogen and oxygen atoms in total. The van der Waals surface area contributed by atoms with E-state index in [4.69, 9.17) is 10.6 Å². The topological polar surface area (TPSA) is 103 Å². The largest absolute Gasteiger partial charge is 0.398 e. The summed E-state index contributed by atoms with van der Waals surface area (Å²) in [5, 5.41) is 3.62. The number of rotatable bonds is 4. The molecule has 3 rings (SSSR count). The molecule has 2 N–H and O–H groups in total. The van der Waals surface area contributed by atoms with Crippen molar-refractivity contribution in [2.24, 2.45) is 5.16 Å². The SMILES string of the molecule is CO/N=C(/C(=O)Sc1nc2ccccc2s1)c1nsc(N)n1. The van der Waals surface area contributed by atoms with Crippen LogP contribution >= 0.6 is 34.6 Å². The number of para-hydroxylation sites is 1. The number of nitrogen functional groups attached to an aromatic ring is 1.